The highest BCUT2D eigenvalue weighted by Gasteiger charge is 2.51. The van der Waals surface area contributed by atoms with Gasteiger partial charge in [0.05, 0.1) is 23.1 Å². The van der Waals surface area contributed by atoms with Crippen molar-refractivity contribution in [1.82, 2.24) is 9.97 Å². The Morgan fingerprint density at radius 3 is 2.31 bits per heavy atom. The van der Waals surface area contributed by atoms with Crippen LogP contribution in [-0.2, 0) is 9.31 Å². The maximum atomic E-state index is 6.20. The minimum absolute atomic E-state index is 0.329. The van der Waals surface area contributed by atoms with Crippen LogP contribution in [0.1, 0.15) is 40.5 Å². The molecule has 0 spiro atoms. The second kappa shape index (κ2) is 6.61. The zero-order valence-electron chi connectivity index (χ0n) is 17.7. The van der Waals surface area contributed by atoms with Gasteiger partial charge in [0.25, 0.3) is 0 Å². The molecule has 2 aliphatic rings. The second-order valence-corrected chi connectivity index (χ2v) is 9.22. The van der Waals surface area contributed by atoms with Crippen molar-refractivity contribution in [1.29, 1.82) is 0 Å². The number of aromatic nitrogens is 2. The fourth-order valence-electron chi connectivity index (χ4n) is 4.10. The minimum Gasteiger partial charge on any atom is -0.399 e. The molecule has 0 bridgehead atoms. The van der Waals surface area contributed by atoms with Crippen molar-refractivity contribution < 1.29 is 9.31 Å². The van der Waals surface area contributed by atoms with E-state index in [2.05, 4.69) is 79.0 Å². The van der Waals surface area contributed by atoms with Crippen LogP contribution < -0.4 is 10.4 Å². The van der Waals surface area contributed by atoms with Gasteiger partial charge in [-0.15, -0.1) is 0 Å². The lowest BCUT2D eigenvalue weighted by molar-refractivity contribution is 0.00578. The number of benzene rings is 2. The summed E-state index contributed by atoms with van der Waals surface area (Å²) in [6, 6.07) is 13.0. The van der Waals surface area contributed by atoms with Crippen molar-refractivity contribution in [3.05, 3.63) is 42.6 Å². The summed E-state index contributed by atoms with van der Waals surface area (Å²) in [4.78, 5) is 10.4. The maximum Gasteiger partial charge on any atom is 0.494 e. The number of fused-ring (bicyclic) bond motifs is 1. The Balaban J connectivity index is 1.42. The molecule has 2 fully saturated rings. The first kappa shape index (κ1) is 18.7. The van der Waals surface area contributed by atoms with Crippen molar-refractivity contribution in [2.24, 2.45) is 0 Å². The Morgan fingerprint density at radius 1 is 0.931 bits per heavy atom. The van der Waals surface area contributed by atoms with Gasteiger partial charge in [-0.3, -0.25) is 0 Å². The van der Waals surface area contributed by atoms with Gasteiger partial charge in [0.15, 0.2) is 0 Å². The molecule has 1 aromatic heterocycles. The van der Waals surface area contributed by atoms with Crippen molar-refractivity contribution in [3.8, 4) is 11.3 Å². The number of H-pyrrole nitrogens is 1. The molecule has 0 atom stereocenters. The lowest BCUT2D eigenvalue weighted by atomic mass is 9.78. The Morgan fingerprint density at radius 2 is 1.59 bits per heavy atom. The molecule has 3 heterocycles. The molecule has 2 saturated heterocycles. The number of nitrogens with one attached hydrogen (secondary N) is 1. The summed E-state index contributed by atoms with van der Waals surface area (Å²) in [5, 5.41) is 2.38. The van der Waals surface area contributed by atoms with E-state index in [-0.39, 0.29) is 18.3 Å². The normalized spacial score (nSPS) is 20.7. The molecule has 150 valence electrons. The highest BCUT2D eigenvalue weighted by molar-refractivity contribution is 6.62. The van der Waals surface area contributed by atoms with Crippen LogP contribution in [0.15, 0.2) is 42.6 Å². The van der Waals surface area contributed by atoms with Gasteiger partial charge in [-0.05, 0) is 62.8 Å². The van der Waals surface area contributed by atoms with Gasteiger partial charge in [0.2, 0.25) is 5.95 Å². The molecule has 2 aromatic carbocycles. The van der Waals surface area contributed by atoms with E-state index in [1.165, 1.54) is 23.6 Å². The summed E-state index contributed by atoms with van der Waals surface area (Å²) in [6.07, 6.45) is 4.43. The minimum atomic E-state index is -0.334. The summed E-state index contributed by atoms with van der Waals surface area (Å²) in [5.74, 6) is 0.980. The fourth-order valence-corrected chi connectivity index (χ4v) is 4.10. The molecule has 0 radical (unpaired) electrons. The van der Waals surface area contributed by atoms with Crippen LogP contribution in [0.2, 0.25) is 0 Å². The van der Waals surface area contributed by atoms with Gasteiger partial charge in [-0.2, -0.15) is 0 Å². The lowest BCUT2D eigenvalue weighted by Gasteiger charge is -2.32. The number of hydrogen-bond acceptors (Lipinski definition) is 4. The van der Waals surface area contributed by atoms with Crippen LogP contribution in [0.3, 0.4) is 0 Å². The Kier molecular flexibility index (Phi) is 4.26. The summed E-state index contributed by atoms with van der Waals surface area (Å²) in [7, 11) is -0.334. The standard InChI is InChI=1S/C23H28BN3O2/c1-22(2)23(3,4)29-24(28-22)19-10-9-16-13-18(8-7-17(16)14-19)20-15-25-21(26-20)27-11-5-6-12-27/h7-10,13-15H,5-6,11-12H2,1-4H3,(H,25,26). The molecule has 0 aliphatic carbocycles. The van der Waals surface area contributed by atoms with Crippen LogP contribution in [-0.4, -0.2) is 41.4 Å². The molecule has 2 aliphatic heterocycles. The van der Waals surface area contributed by atoms with Crippen molar-refractivity contribution >= 4 is 29.3 Å². The number of hydrogen-bond donors (Lipinski definition) is 1. The SMILES string of the molecule is CC1(C)OB(c2ccc3cc(-c4cnc(N5CCCC5)[nH]4)ccc3c2)OC1(C)C. The number of imidazole rings is 1. The topological polar surface area (TPSA) is 50.4 Å². The van der Waals surface area contributed by atoms with Crippen molar-refractivity contribution in [2.75, 3.05) is 18.0 Å². The van der Waals surface area contributed by atoms with Gasteiger partial charge in [0.1, 0.15) is 0 Å². The fraction of sp³-hybridized carbons (Fsp3) is 0.435. The molecule has 6 heteroatoms. The first-order chi connectivity index (χ1) is 13.8. The number of aromatic amines is 1. The predicted molar refractivity (Wildman–Crippen MR) is 119 cm³/mol. The number of rotatable bonds is 3. The molecule has 1 N–H and O–H groups in total. The smallest absolute Gasteiger partial charge is 0.399 e. The van der Waals surface area contributed by atoms with Crippen LogP contribution in [0.5, 0.6) is 0 Å². The second-order valence-electron chi connectivity index (χ2n) is 9.22. The van der Waals surface area contributed by atoms with Crippen molar-refractivity contribution in [3.63, 3.8) is 0 Å². The third kappa shape index (κ3) is 3.24. The first-order valence-electron chi connectivity index (χ1n) is 10.5. The molecule has 3 aromatic rings. The molecule has 0 amide bonds. The van der Waals surface area contributed by atoms with Crippen molar-refractivity contribution in [2.45, 2.75) is 51.7 Å². The van der Waals surface area contributed by atoms with Crippen LogP contribution >= 0.6 is 0 Å². The third-order valence-corrected chi connectivity index (χ3v) is 6.67. The number of nitrogens with zero attached hydrogens (tertiary/aromatic N) is 2. The molecular formula is C23H28BN3O2. The predicted octanol–water partition coefficient (Wildman–Crippen LogP) is 4.13. The van der Waals surface area contributed by atoms with Crippen LogP contribution in [0.25, 0.3) is 22.0 Å². The van der Waals surface area contributed by atoms with Gasteiger partial charge < -0.3 is 19.2 Å². The summed E-state index contributed by atoms with van der Waals surface area (Å²) in [6.45, 7) is 10.5. The molecule has 5 rings (SSSR count). The first-order valence-corrected chi connectivity index (χ1v) is 10.5. The van der Waals surface area contributed by atoms with Gasteiger partial charge in [0, 0.05) is 18.7 Å². The Bertz CT molecular complexity index is 1040. The van der Waals surface area contributed by atoms with E-state index in [0.29, 0.717) is 0 Å². The lowest BCUT2D eigenvalue weighted by Crippen LogP contribution is -2.41. The van der Waals surface area contributed by atoms with E-state index in [1.54, 1.807) is 0 Å². The average molecular weight is 389 g/mol. The summed E-state index contributed by atoms with van der Waals surface area (Å²) >= 11 is 0. The Labute approximate surface area is 172 Å². The van der Waals surface area contributed by atoms with Crippen LogP contribution in [0, 0.1) is 0 Å². The van der Waals surface area contributed by atoms with Crippen LogP contribution in [0.4, 0.5) is 5.95 Å². The van der Waals surface area contributed by atoms with E-state index in [0.717, 1.165) is 35.8 Å². The molecule has 29 heavy (non-hydrogen) atoms. The van der Waals surface area contributed by atoms with E-state index in [4.69, 9.17) is 9.31 Å². The van der Waals surface area contributed by atoms with E-state index in [1.807, 2.05) is 6.20 Å². The molecule has 5 nitrogen and oxygen atoms in total. The highest BCUT2D eigenvalue weighted by Crippen LogP contribution is 2.36. The van der Waals surface area contributed by atoms with E-state index >= 15 is 0 Å². The largest absolute Gasteiger partial charge is 0.494 e. The summed E-state index contributed by atoms with van der Waals surface area (Å²) < 4.78 is 12.4. The maximum absolute atomic E-state index is 6.20. The zero-order chi connectivity index (χ0) is 20.2. The zero-order valence-corrected chi connectivity index (χ0v) is 17.7. The monoisotopic (exact) mass is 389 g/mol. The third-order valence-electron chi connectivity index (χ3n) is 6.67. The summed E-state index contributed by atoms with van der Waals surface area (Å²) in [5.41, 5.74) is 2.61. The van der Waals surface area contributed by atoms with E-state index in [9.17, 15) is 0 Å². The van der Waals surface area contributed by atoms with Gasteiger partial charge in [-0.25, -0.2) is 4.98 Å². The molecular weight excluding hydrogens is 361 g/mol. The number of anilines is 1. The van der Waals surface area contributed by atoms with Gasteiger partial charge >= 0.3 is 7.12 Å². The average Bonchev–Trinajstić information content (AvgIpc) is 3.41. The quantitative estimate of drug-likeness (QED) is 0.685. The highest BCUT2D eigenvalue weighted by atomic mass is 16.7. The van der Waals surface area contributed by atoms with E-state index < -0.39 is 0 Å². The molecule has 0 unspecified atom stereocenters. The van der Waals surface area contributed by atoms with Gasteiger partial charge in [-0.1, -0.05) is 30.3 Å². The molecule has 0 saturated carbocycles. The Hall–Kier alpha value is -2.31.